The smallest absolute Gasteiger partial charge is 0.428 e. The Bertz CT molecular complexity index is 823. The van der Waals surface area contributed by atoms with E-state index in [1.54, 1.807) is 32.9 Å². The monoisotopic (exact) mass is 365 g/mol. The van der Waals surface area contributed by atoms with Crippen LogP contribution < -0.4 is 5.43 Å². The standard InChI is InChI=1S/C16H16ClN3O5/c1-16(2,3)25-15(21)19-18-9-11-5-7-14(24-11)12-6-4-10(20(22)23)8-13(12)17/h4-9H,1-3H3,(H,19,21)/b18-9+. The quantitative estimate of drug-likeness (QED) is 0.492. The molecule has 0 aliphatic rings. The minimum Gasteiger partial charge on any atom is -0.455 e. The van der Waals surface area contributed by atoms with Crippen LogP contribution in [-0.2, 0) is 4.74 Å². The van der Waals surface area contributed by atoms with Crippen LogP contribution in [0.2, 0.25) is 5.02 Å². The number of amides is 1. The number of halogens is 1. The molecule has 0 saturated carbocycles. The second-order valence-electron chi connectivity index (χ2n) is 6.00. The van der Waals surface area contributed by atoms with Crippen LogP contribution in [-0.4, -0.2) is 22.8 Å². The highest BCUT2D eigenvalue weighted by Gasteiger charge is 2.16. The average Bonchev–Trinajstić information content (AvgIpc) is 2.93. The summed E-state index contributed by atoms with van der Waals surface area (Å²) in [5, 5.41) is 14.6. The first-order chi connectivity index (χ1) is 11.7. The lowest BCUT2D eigenvalue weighted by Crippen LogP contribution is -2.29. The molecule has 1 heterocycles. The van der Waals surface area contributed by atoms with E-state index in [2.05, 4.69) is 10.5 Å². The van der Waals surface area contributed by atoms with E-state index < -0.39 is 16.6 Å². The summed E-state index contributed by atoms with van der Waals surface area (Å²) in [6.07, 6.45) is 0.612. The van der Waals surface area contributed by atoms with Crippen LogP contribution in [0.5, 0.6) is 0 Å². The van der Waals surface area contributed by atoms with Crippen molar-refractivity contribution in [3.8, 4) is 11.3 Å². The van der Waals surface area contributed by atoms with Crippen molar-refractivity contribution in [1.82, 2.24) is 5.43 Å². The van der Waals surface area contributed by atoms with E-state index in [9.17, 15) is 14.9 Å². The number of rotatable bonds is 4. The van der Waals surface area contributed by atoms with Crippen molar-refractivity contribution in [3.63, 3.8) is 0 Å². The Hall–Kier alpha value is -2.87. The molecule has 0 radical (unpaired) electrons. The van der Waals surface area contributed by atoms with Gasteiger partial charge < -0.3 is 9.15 Å². The molecule has 2 aromatic rings. The summed E-state index contributed by atoms with van der Waals surface area (Å²) < 4.78 is 10.6. The molecule has 8 nitrogen and oxygen atoms in total. The first kappa shape index (κ1) is 18.5. The summed E-state index contributed by atoms with van der Waals surface area (Å²) in [4.78, 5) is 21.7. The Labute approximate surface area is 148 Å². The Morgan fingerprint density at radius 2 is 2.08 bits per heavy atom. The van der Waals surface area contributed by atoms with Gasteiger partial charge in [0.25, 0.3) is 5.69 Å². The minimum atomic E-state index is -0.686. The molecule has 0 bridgehead atoms. The van der Waals surface area contributed by atoms with Crippen LogP contribution in [0.1, 0.15) is 26.5 Å². The van der Waals surface area contributed by atoms with E-state index in [4.69, 9.17) is 20.8 Å². The highest BCUT2D eigenvalue weighted by Crippen LogP contribution is 2.31. The molecule has 9 heteroatoms. The van der Waals surface area contributed by atoms with Crippen LogP contribution in [0.15, 0.2) is 39.9 Å². The minimum absolute atomic E-state index is 0.108. The van der Waals surface area contributed by atoms with E-state index >= 15 is 0 Å². The molecule has 0 spiro atoms. The topological polar surface area (TPSA) is 107 Å². The molecule has 2 rings (SSSR count). The number of carbonyl (C=O) groups is 1. The highest BCUT2D eigenvalue weighted by atomic mass is 35.5. The fraction of sp³-hybridized carbons (Fsp3) is 0.250. The van der Waals surface area contributed by atoms with Gasteiger partial charge in [-0.1, -0.05) is 11.6 Å². The number of benzene rings is 1. The predicted molar refractivity (Wildman–Crippen MR) is 92.8 cm³/mol. The van der Waals surface area contributed by atoms with Gasteiger partial charge in [0, 0.05) is 17.7 Å². The number of non-ortho nitro benzene ring substituents is 1. The molecule has 1 N–H and O–H groups in total. The van der Waals surface area contributed by atoms with Gasteiger partial charge in [-0.15, -0.1) is 0 Å². The maximum atomic E-state index is 11.5. The van der Waals surface area contributed by atoms with E-state index in [0.717, 1.165) is 0 Å². The van der Waals surface area contributed by atoms with Gasteiger partial charge in [0.2, 0.25) is 0 Å². The number of nitro benzene ring substituents is 1. The molecule has 0 atom stereocenters. The molecule has 1 amide bonds. The van der Waals surface area contributed by atoms with Crippen LogP contribution >= 0.6 is 11.6 Å². The summed E-state index contributed by atoms with van der Waals surface area (Å²) in [6.45, 7) is 5.22. The zero-order valence-electron chi connectivity index (χ0n) is 13.8. The van der Waals surface area contributed by atoms with Crippen LogP contribution in [0.25, 0.3) is 11.3 Å². The largest absolute Gasteiger partial charge is 0.455 e. The summed E-state index contributed by atoms with van der Waals surface area (Å²) in [6, 6.07) is 7.34. The third-order valence-corrected chi connectivity index (χ3v) is 3.11. The van der Waals surface area contributed by atoms with Gasteiger partial charge in [0.15, 0.2) is 0 Å². The summed E-state index contributed by atoms with van der Waals surface area (Å²) in [5.74, 6) is 0.777. The van der Waals surface area contributed by atoms with Crippen molar-refractivity contribution in [2.75, 3.05) is 0 Å². The fourth-order valence-corrected chi connectivity index (χ4v) is 2.10. The molecule has 132 valence electrons. The van der Waals surface area contributed by atoms with Crippen LogP contribution in [0, 0.1) is 10.1 Å². The SMILES string of the molecule is CC(C)(C)OC(=O)N/N=C/c1ccc(-c2ccc([N+](=O)[O-])cc2Cl)o1. The number of furan rings is 1. The van der Waals surface area contributed by atoms with Crippen molar-refractivity contribution in [2.24, 2.45) is 5.10 Å². The lowest BCUT2D eigenvalue weighted by atomic mass is 10.1. The van der Waals surface area contributed by atoms with Gasteiger partial charge in [-0.05, 0) is 39.0 Å². The molecular weight excluding hydrogens is 350 g/mol. The molecular formula is C16H16ClN3O5. The number of nitrogens with one attached hydrogen (secondary N) is 1. The van der Waals surface area contributed by atoms with Crippen LogP contribution in [0.4, 0.5) is 10.5 Å². The molecule has 25 heavy (non-hydrogen) atoms. The second-order valence-corrected chi connectivity index (χ2v) is 6.40. The van der Waals surface area contributed by atoms with Crippen molar-refractivity contribution in [1.29, 1.82) is 0 Å². The Kier molecular flexibility index (Phi) is 5.43. The highest BCUT2D eigenvalue weighted by molar-refractivity contribution is 6.33. The lowest BCUT2D eigenvalue weighted by Gasteiger charge is -2.18. The Balaban J connectivity index is 2.06. The predicted octanol–water partition coefficient (Wildman–Crippen LogP) is 4.37. The maximum Gasteiger partial charge on any atom is 0.428 e. The zero-order chi connectivity index (χ0) is 18.6. The normalized spacial score (nSPS) is 11.5. The summed E-state index contributed by atoms with van der Waals surface area (Å²) in [5.41, 5.74) is 1.99. The van der Waals surface area contributed by atoms with Gasteiger partial charge in [-0.3, -0.25) is 10.1 Å². The van der Waals surface area contributed by atoms with Crippen molar-refractivity contribution >= 4 is 29.6 Å². The molecule has 0 aliphatic heterocycles. The third-order valence-electron chi connectivity index (χ3n) is 2.80. The number of hydrogen-bond donors (Lipinski definition) is 1. The Morgan fingerprint density at radius 1 is 1.36 bits per heavy atom. The maximum absolute atomic E-state index is 11.5. The second kappa shape index (κ2) is 7.35. The van der Waals surface area contributed by atoms with Crippen LogP contribution in [0.3, 0.4) is 0 Å². The molecule has 1 aromatic carbocycles. The van der Waals surface area contributed by atoms with Gasteiger partial charge in [-0.2, -0.15) is 5.10 Å². The first-order valence-electron chi connectivity index (χ1n) is 7.22. The van der Waals surface area contributed by atoms with Crippen molar-refractivity contribution < 1.29 is 18.9 Å². The molecule has 0 unspecified atom stereocenters. The molecule has 1 aromatic heterocycles. The third kappa shape index (κ3) is 5.32. The van der Waals surface area contributed by atoms with E-state index in [0.29, 0.717) is 17.1 Å². The number of carbonyl (C=O) groups excluding carboxylic acids is 1. The number of hydrazone groups is 1. The summed E-state index contributed by atoms with van der Waals surface area (Å²) in [7, 11) is 0. The molecule has 0 fully saturated rings. The zero-order valence-corrected chi connectivity index (χ0v) is 14.5. The number of ether oxygens (including phenoxy) is 1. The van der Waals surface area contributed by atoms with Gasteiger partial charge in [0.1, 0.15) is 17.1 Å². The first-order valence-corrected chi connectivity index (χ1v) is 7.60. The number of nitro groups is 1. The fourth-order valence-electron chi connectivity index (χ4n) is 1.83. The lowest BCUT2D eigenvalue weighted by molar-refractivity contribution is -0.384. The van der Waals surface area contributed by atoms with Crippen molar-refractivity contribution in [3.05, 3.63) is 51.2 Å². The van der Waals surface area contributed by atoms with E-state index in [1.165, 1.54) is 24.4 Å². The van der Waals surface area contributed by atoms with Gasteiger partial charge in [0.05, 0.1) is 16.2 Å². The van der Waals surface area contributed by atoms with Gasteiger partial charge in [-0.25, -0.2) is 10.2 Å². The van der Waals surface area contributed by atoms with Crippen molar-refractivity contribution in [2.45, 2.75) is 26.4 Å². The number of hydrogen-bond acceptors (Lipinski definition) is 6. The number of nitrogens with zero attached hydrogens (tertiary/aromatic N) is 2. The average molecular weight is 366 g/mol. The Morgan fingerprint density at radius 3 is 2.68 bits per heavy atom. The van der Waals surface area contributed by atoms with Gasteiger partial charge >= 0.3 is 6.09 Å². The van der Waals surface area contributed by atoms with E-state index in [-0.39, 0.29) is 10.7 Å². The molecule has 0 aliphatic carbocycles. The molecule has 0 saturated heterocycles. The summed E-state index contributed by atoms with van der Waals surface area (Å²) >= 11 is 6.05. The van der Waals surface area contributed by atoms with E-state index in [1.807, 2.05) is 0 Å².